The molecule has 3 nitrogen and oxygen atoms in total. The minimum absolute atomic E-state index is 0.0167. The highest BCUT2D eigenvalue weighted by Crippen LogP contribution is 2.38. The van der Waals surface area contributed by atoms with Crippen LogP contribution in [0.3, 0.4) is 0 Å². The fourth-order valence-electron chi connectivity index (χ4n) is 2.10. The van der Waals surface area contributed by atoms with Crippen molar-refractivity contribution in [2.45, 2.75) is 5.37 Å². The van der Waals surface area contributed by atoms with Crippen molar-refractivity contribution >= 4 is 29.3 Å². The second-order valence-electron chi connectivity index (χ2n) is 4.24. The van der Waals surface area contributed by atoms with Gasteiger partial charge in [-0.25, -0.2) is 0 Å². The molecule has 0 spiro atoms. The Hall–Kier alpha value is -1.39. The van der Waals surface area contributed by atoms with Gasteiger partial charge in [0.15, 0.2) is 0 Å². The fourth-order valence-corrected chi connectivity index (χ4v) is 3.43. The number of thioether (sulfide) groups is 1. The first kappa shape index (κ1) is 12.6. The van der Waals surface area contributed by atoms with E-state index in [9.17, 15) is 4.79 Å². The van der Waals surface area contributed by atoms with E-state index in [1.807, 2.05) is 17.0 Å². The maximum Gasteiger partial charge on any atom is 0.255 e. The molecular formula is C14H12ClNO2S. The van der Waals surface area contributed by atoms with Crippen LogP contribution < -0.4 is 0 Å². The van der Waals surface area contributed by atoms with Gasteiger partial charge >= 0.3 is 0 Å². The van der Waals surface area contributed by atoms with Gasteiger partial charge in [0.05, 0.1) is 6.26 Å². The zero-order valence-electron chi connectivity index (χ0n) is 10.1. The molecular weight excluding hydrogens is 282 g/mol. The minimum Gasteiger partial charge on any atom is -0.466 e. The third-order valence-corrected chi connectivity index (χ3v) is 4.50. The lowest BCUT2D eigenvalue weighted by molar-refractivity contribution is 0.0749. The van der Waals surface area contributed by atoms with E-state index in [0.717, 1.165) is 18.1 Å². The SMILES string of the molecule is O=C(c1ccc(Cl)cc1)N1CCS[C@H]1c1ccco1. The Morgan fingerprint density at radius 1 is 1.32 bits per heavy atom. The molecule has 0 N–H and O–H groups in total. The van der Waals surface area contributed by atoms with E-state index < -0.39 is 0 Å². The molecule has 1 atom stereocenters. The summed E-state index contributed by atoms with van der Waals surface area (Å²) < 4.78 is 5.42. The van der Waals surface area contributed by atoms with Gasteiger partial charge in [-0.15, -0.1) is 11.8 Å². The Balaban J connectivity index is 1.84. The molecule has 3 rings (SSSR count). The third-order valence-electron chi connectivity index (χ3n) is 3.03. The molecule has 0 aliphatic carbocycles. The zero-order chi connectivity index (χ0) is 13.2. The van der Waals surface area contributed by atoms with Gasteiger partial charge < -0.3 is 9.32 Å². The zero-order valence-corrected chi connectivity index (χ0v) is 11.7. The summed E-state index contributed by atoms with van der Waals surface area (Å²) in [5.41, 5.74) is 0.656. The maximum absolute atomic E-state index is 12.5. The highest BCUT2D eigenvalue weighted by atomic mass is 35.5. The number of rotatable bonds is 2. The number of hydrogen-bond acceptors (Lipinski definition) is 3. The Morgan fingerprint density at radius 3 is 2.79 bits per heavy atom. The van der Waals surface area contributed by atoms with Gasteiger partial charge in [0.1, 0.15) is 11.1 Å². The number of amides is 1. The average molecular weight is 294 g/mol. The van der Waals surface area contributed by atoms with Gasteiger partial charge in [-0.2, -0.15) is 0 Å². The molecule has 5 heteroatoms. The molecule has 2 heterocycles. The first-order chi connectivity index (χ1) is 9.25. The number of furan rings is 1. The van der Waals surface area contributed by atoms with E-state index >= 15 is 0 Å². The fraction of sp³-hybridized carbons (Fsp3) is 0.214. The number of halogens is 1. The Labute approximate surface area is 120 Å². The molecule has 1 amide bonds. The molecule has 2 aromatic rings. The monoisotopic (exact) mass is 293 g/mol. The van der Waals surface area contributed by atoms with Gasteiger partial charge in [0.2, 0.25) is 0 Å². The van der Waals surface area contributed by atoms with E-state index in [4.69, 9.17) is 16.0 Å². The second kappa shape index (κ2) is 5.31. The second-order valence-corrected chi connectivity index (χ2v) is 5.87. The smallest absolute Gasteiger partial charge is 0.255 e. The first-order valence-electron chi connectivity index (χ1n) is 5.97. The summed E-state index contributed by atoms with van der Waals surface area (Å²) >= 11 is 7.56. The van der Waals surface area contributed by atoms with Crippen LogP contribution in [0.4, 0.5) is 0 Å². The normalized spacial score (nSPS) is 18.8. The summed E-state index contributed by atoms with van der Waals surface area (Å²) in [5.74, 6) is 1.76. The molecule has 1 aliphatic heterocycles. The maximum atomic E-state index is 12.5. The Morgan fingerprint density at radius 2 is 2.11 bits per heavy atom. The van der Waals surface area contributed by atoms with Crippen LogP contribution in [-0.2, 0) is 0 Å². The van der Waals surface area contributed by atoms with Crippen LogP contribution in [-0.4, -0.2) is 23.1 Å². The van der Waals surface area contributed by atoms with Crippen molar-refractivity contribution in [1.29, 1.82) is 0 Å². The molecule has 1 saturated heterocycles. The van der Waals surface area contributed by atoms with Crippen LogP contribution in [0.15, 0.2) is 47.1 Å². The summed E-state index contributed by atoms with van der Waals surface area (Å²) in [6.07, 6.45) is 1.64. The first-order valence-corrected chi connectivity index (χ1v) is 7.40. The Bertz CT molecular complexity index is 568. The van der Waals surface area contributed by atoms with Crippen molar-refractivity contribution in [2.24, 2.45) is 0 Å². The standard InChI is InChI=1S/C14H12ClNO2S/c15-11-5-3-10(4-6-11)13(17)16-7-9-19-14(16)12-2-1-8-18-12/h1-6,8,14H,7,9H2/t14-/m0/s1. The van der Waals surface area contributed by atoms with E-state index in [-0.39, 0.29) is 11.3 Å². The van der Waals surface area contributed by atoms with Crippen LogP contribution in [0.1, 0.15) is 21.5 Å². The number of carbonyl (C=O) groups is 1. The summed E-state index contributed by atoms with van der Waals surface area (Å²) in [6, 6.07) is 10.7. The lowest BCUT2D eigenvalue weighted by Crippen LogP contribution is -2.30. The molecule has 0 saturated carbocycles. The minimum atomic E-state index is -0.0295. The van der Waals surface area contributed by atoms with E-state index in [2.05, 4.69) is 0 Å². The quantitative estimate of drug-likeness (QED) is 0.844. The molecule has 0 bridgehead atoms. The van der Waals surface area contributed by atoms with Gasteiger partial charge in [0, 0.05) is 22.9 Å². The van der Waals surface area contributed by atoms with Crippen molar-refractivity contribution in [3.05, 3.63) is 59.0 Å². The summed E-state index contributed by atoms with van der Waals surface area (Å²) in [5, 5.41) is 0.605. The molecule has 0 radical (unpaired) electrons. The number of nitrogens with zero attached hydrogens (tertiary/aromatic N) is 1. The molecule has 0 unspecified atom stereocenters. The summed E-state index contributed by atoms with van der Waals surface area (Å²) in [4.78, 5) is 14.3. The Kier molecular flexibility index (Phi) is 3.53. The topological polar surface area (TPSA) is 33.5 Å². The lowest BCUT2D eigenvalue weighted by Gasteiger charge is -2.22. The molecule has 19 heavy (non-hydrogen) atoms. The van der Waals surface area contributed by atoms with Crippen molar-refractivity contribution in [3.63, 3.8) is 0 Å². The van der Waals surface area contributed by atoms with Gasteiger partial charge in [-0.3, -0.25) is 4.79 Å². The van der Waals surface area contributed by atoms with Crippen LogP contribution in [0.5, 0.6) is 0 Å². The number of benzene rings is 1. The highest BCUT2D eigenvalue weighted by Gasteiger charge is 2.32. The van der Waals surface area contributed by atoms with Gasteiger partial charge in [0.25, 0.3) is 5.91 Å². The third kappa shape index (κ3) is 2.51. The van der Waals surface area contributed by atoms with Gasteiger partial charge in [-0.05, 0) is 36.4 Å². The number of hydrogen-bond donors (Lipinski definition) is 0. The molecule has 1 aliphatic rings. The molecule has 1 fully saturated rings. The van der Waals surface area contributed by atoms with Crippen LogP contribution >= 0.6 is 23.4 Å². The summed E-state index contributed by atoms with van der Waals surface area (Å²) in [6.45, 7) is 0.734. The lowest BCUT2D eigenvalue weighted by atomic mass is 10.2. The average Bonchev–Trinajstić information content (AvgIpc) is 3.09. The van der Waals surface area contributed by atoms with Crippen molar-refractivity contribution in [3.8, 4) is 0 Å². The molecule has 1 aromatic carbocycles. The van der Waals surface area contributed by atoms with E-state index in [0.29, 0.717) is 10.6 Å². The largest absolute Gasteiger partial charge is 0.466 e. The van der Waals surface area contributed by atoms with Crippen LogP contribution in [0.25, 0.3) is 0 Å². The number of carbonyl (C=O) groups excluding carboxylic acids is 1. The van der Waals surface area contributed by atoms with Crippen LogP contribution in [0, 0.1) is 0 Å². The van der Waals surface area contributed by atoms with Gasteiger partial charge in [-0.1, -0.05) is 11.6 Å². The predicted molar refractivity (Wildman–Crippen MR) is 76.4 cm³/mol. The van der Waals surface area contributed by atoms with E-state index in [1.165, 1.54) is 0 Å². The van der Waals surface area contributed by atoms with E-state index in [1.54, 1.807) is 42.3 Å². The summed E-state index contributed by atoms with van der Waals surface area (Å²) in [7, 11) is 0. The highest BCUT2D eigenvalue weighted by molar-refractivity contribution is 7.99. The molecule has 98 valence electrons. The van der Waals surface area contributed by atoms with Crippen molar-refractivity contribution in [2.75, 3.05) is 12.3 Å². The predicted octanol–water partition coefficient (Wildman–Crippen LogP) is 3.82. The van der Waals surface area contributed by atoms with Crippen molar-refractivity contribution in [1.82, 2.24) is 4.90 Å². The van der Waals surface area contributed by atoms with Crippen molar-refractivity contribution < 1.29 is 9.21 Å². The van der Waals surface area contributed by atoms with Crippen LogP contribution in [0.2, 0.25) is 5.02 Å². The molecule has 1 aromatic heterocycles.